The van der Waals surface area contributed by atoms with Gasteiger partial charge >= 0.3 is 5.69 Å². The van der Waals surface area contributed by atoms with E-state index in [2.05, 4.69) is 15.0 Å². The van der Waals surface area contributed by atoms with Crippen LogP contribution in [0.25, 0.3) is 11.0 Å². The van der Waals surface area contributed by atoms with E-state index in [0.29, 0.717) is 38.1 Å². The Balaban J connectivity index is 1.32. The highest BCUT2D eigenvalue weighted by Crippen LogP contribution is 2.13. The molecule has 1 aromatic carbocycles. The molecule has 0 radical (unpaired) electrons. The third kappa shape index (κ3) is 3.79. The normalized spacial score (nSPS) is 14.7. The fraction of sp³-hybridized carbons (Fsp3) is 0.316. The van der Waals surface area contributed by atoms with Gasteiger partial charge in [0, 0.05) is 38.6 Å². The molecule has 2 amide bonds. The minimum absolute atomic E-state index is 0.0324. The van der Waals surface area contributed by atoms with Crippen LogP contribution in [0, 0.1) is 0 Å². The van der Waals surface area contributed by atoms with Crippen LogP contribution < -0.4 is 5.69 Å². The average molecular weight is 367 g/mol. The summed E-state index contributed by atoms with van der Waals surface area (Å²) in [4.78, 5) is 48.2. The number of amides is 2. The molecule has 0 atom stereocenters. The Kier molecular flexibility index (Phi) is 4.53. The Hall–Kier alpha value is -3.29. The third-order valence-electron chi connectivity index (χ3n) is 4.94. The van der Waals surface area contributed by atoms with Crippen molar-refractivity contribution in [1.29, 1.82) is 0 Å². The first-order valence-corrected chi connectivity index (χ1v) is 8.96. The molecular formula is C19H21N5O3. The topological polar surface area (TPSA) is 105 Å². The van der Waals surface area contributed by atoms with Crippen molar-refractivity contribution in [1.82, 2.24) is 24.8 Å². The van der Waals surface area contributed by atoms with E-state index < -0.39 is 0 Å². The molecule has 8 nitrogen and oxygen atoms in total. The zero-order chi connectivity index (χ0) is 18.8. The molecule has 0 saturated carbocycles. The molecule has 1 aliphatic rings. The summed E-state index contributed by atoms with van der Waals surface area (Å²) in [5.41, 5.74) is 3.00. The smallest absolute Gasteiger partial charge is 0.323 e. The lowest BCUT2D eigenvalue weighted by molar-refractivity contribution is -0.138. The van der Waals surface area contributed by atoms with E-state index in [-0.39, 0.29) is 23.9 Å². The van der Waals surface area contributed by atoms with Crippen LogP contribution in [0.1, 0.15) is 11.1 Å². The molecule has 1 aliphatic heterocycles. The number of fused-ring (bicyclic) bond motifs is 1. The zero-order valence-corrected chi connectivity index (χ0v) is 14.8. The van der Waals surface area contributed by atoms with Gasteiger partial charge in [-0.2, -0.15) is 0 Å². The van der Waals surface area contributed by atoms with E-state index in [9.17, 15) is 14.4 Å². The van der Waals surface area contributed by atoms with Crippen molar-refractivity contribution in [3.8, 4) is 0 Å². The minimum Gasteiger partial charge on any atom is -0.367 e. The summed E-state index contributed by atoms with van der Waals surface area (Å²) in [6.45, 7) is 2.19. The number of hydrogen-bond donors (Lipinski definition) is 3. The van der Waals surface area contributed by atoms with Crippen molar-refractivity contribution in [3.05, 3.63) is 58.3 Å². The van der Waals surface area contributed by atoms with Gasteiger partial charge in [-0.1, -0.05) is 6.07 Å². The predicted octanol–water partition coefficient (Wildman–Crippen LogP) is 0.640. The number of nitrogens with one attached hydrogen (secondary N) is 3. The van der Waals surface area contributed by atoms with Gasteiger partial charge in [-0.05, 0) is 29.3 Å². The number of rotatable bonds is 4. The highest BCUT2D eigenvalue weighted by Gasteiger charge is 2.24. The number of carbonyl (C=O) groups excluding carboxylic acids is 2. The minimum atomic E-state index is -0.256. The van der Waals surface area contributed by atoms with Crippen LogP contribution in [0.5, 0.6) is 0 Å². The van der Waals surface area contributed by atoms with E-state index in [1.165, 1.54) is 0 Å². The summed E-state index contributed by atoms with van der Waals surface area (Å²) in [7, 11) is 0. The Morgan fingerprint density at radius 1 is 0.852 bits per heavy atom. The van der Waals surface area contributed by atoms with Gasteiger partial charge < -0.3 is 24.8 Å². The van der Waals surface area contributed by atoms with Gasteiger partial charge in [0.15, 0.2) is 0 Å². The van der Waals surface area contributed by atoms with E-state index in [1.54, 1.807) is 17.2 Å². The standard InChI is InChI=1S/C19H21N5O3/c25-17(10-13-1-2-15-16(9-13)22-19(27)21-15)23-5-7-24(8-6-23)18(26)11-14-3-4-20-12-14/h1-4,9,12,20H,5-8,10-11H2,(H2,21,22,27). The van der Waals surface area contributed by atoms with Gasteiger partial charge in [-0.15, -0.1) is 0 Å². The Morgan fingerprint density at radius 3 is 2.11 bits per heavy atom. The van der Waals surface area contributed by atoms with Crippen molar-refractivity contribution in [3.63, 3.8) is 0 Å². The summed E-state index contributed by atoms with van der Waals surface area (Å²) in [6, 6.07) is 7.36. The number of hydrogen-bond acceptors (Lipinski definition) is 3. The lowest BCUT2D eigenvalue weighted by Gasteiger charge is -2.35. The molecule has 8 heteroatoms. The number of carbonyl (C=O) groups is 2. The van der Waals surface area contributed by atoms with Crippen molar-refractivity contribution in [2.45, 2.75) is 12.8 Å². The van der Waals surface area contributed by atoms with Gasteiger partial charge in [-0.25, -0.2) is 4.79 Å². The monoisotopic (exact) mass is 367 g/mol. The fourth-order valence-corrected chi connectivity index (χ4v) is 3.44. The molecule has 27 heavy (non-hydrogen) atoms. The third-order valence-corrected chi connectivity index (χ3v) is 4.94. The first kappa shape index (κ1) is 17.1. The van der Waals surface area contributed by atoms with Crippen LogP contribution in [-0.4, -0.2) is 62.7 Å². The van der Waals surface area contributed by atoms with Crippen LogP contribution in [0.3, 0.4) is 0 Å². The molecule has 0 unspecified atom stereocenters. The van der Waals surface area contributed by atoms with Crippen molar-refractivity contribution in [2.75, 3.05) is 26.2 Å². The quantitative estimate of drug-likeness (QED) is 0.630. The number of benzene rings is 1. The molecule has 3 N–H and O–H groups in total. The molecule has 0 bridgehead atoms. The second-order valence-electron chi connectivity index (χ2n) is 6.79. The Morgan fingerprint density at radius 2 is 1.48 bits per heavy atom. The number of nitrogens with zero attached hydrogens (tertiary/aromatic N) is 2. The highest BCUT2D eigenvalue weighted by molar-refractivity contribution is 5.82. The molecule has 0 spiro atoms. The lowest BCUT2D eigenvalue weighted by atomic mass is 10.1. The predicted molar refractivity (Wildman–Crippen MR) is 100 cm³/mol. The van der Waals surface area contributed by atoms with Crippen LogP contribution in [0.2, 0.25) is 0 Å². The largest absolute Gasteiger partial charge is 0.367 e. The van der Waals surface area contributed by atoms with Gasteiger partial charge in [0.1, 0.15) is 0 Å². The SMILES string of the molecule is O=C(Cc1cc[nH]c1)N1CCN(C(=O)Cc2ccc3[nH]c(=O)[nH]c3c2)CC1. The van der Waals surface area contributed by atoms with Gasteiger partial charge in [0.25, 0.3) is 0 Å². The summed E-state index contributed by atoms with van der Waals surface area (Å²) in [5, 5.41) is 0. The maximum atomic E-state index is 12.6. The summed E-state index contributed by atoms with van der Waals surface area (Å²) in [6.07, 6.45) is 4.29. The number of aromatic nitrogens is 3. The maximum absolute atomic E-state index is 12.6. The molecule has 3 aromatic rings. The van der Waals surface area contributed by atoms with E-state index >= 15 is 0 Å². The van der Waals surface area contributed by atoms with E-state index in [1.807, 2.05) is 29.3 Å². The highest BCUT2D eigenvalue weighted by atomic mass is 16.2. The Labute approximate surface area is 155 Å². The second kappa shape index (κ2) is 7.14. The van der Waals surface area contributed by atoms with Gasteiger partial charge in [0.05, 0.1) is 23.9 Å². The summed E-state index contributed by atoms with van der Waals surface area (Å²) < 4.78 is 0. The van der Waals surface area contributed by atoms with Crippen LogP contribution >= 0.6 is 0 Å². The first-order chi connectivity index (χ1) is 13.1. The van der Waals surface area contributed by atoms with Crippen LogP contribution in [-0.2, 0) is 22.4 Å². The van der Waals surface area contributed by atoms with Crippen LogP contribution in [0.15, 0.2) is 41.5 Å². The number of piperazine rings is 1. The first-order valence-electron chi connectivity index (χ1n) is 8.96. The zero-order valence-electron chi connectivity index (χ0n) is 14.8. The number of aromatic amines is 3. The average Bonchev–Trinajstić information content (AvgIpc) is 3.30. The molecular weight excluding hydrogens is 346 g/mol. The fourth-order valence-electron chi connectivity index (χ4n) is 3.44. The van der Waals surface area contributed by atoms with Crippen LogP contribution in [0.4, 0.5) is 0 Å². The van der Waals surface area contributed by atoms with Crippen molar-refractivity contribution >= 4 is 22.8 Å². The molecule has 2 aromatic heterocycles. The maximum Gasteiger partial charge on any atom is 0.323 e. The molecule has 3 heterocycles. The van der Waals surface area contributed by atoms with E-state index in [4.69, 9.17) is 0 Å². The Bertz CT molecular complexity index is 1010. The number of imidazole rings is 1. The molecule has 140 valence electrons. The van der Waals surface area contributed by atoms with Gasteiger partial charge in [-0.3, -0.25) is 9.59 Å². The molecule has 4 rings (SSSR count). The second-order valence-corrected chi connectivity index (χ2v) is 6.79. The molecule has 0 aliphatic carbocycles. The van der Waals surface area contributed by atoms with Gasteiger partial charge in [0.2, 0.25) is 11.8 Å². The van der Waals surface area contributed by atoms with E-state index in [0.717, 1.165) is 16.6 Å². The molecule has 1 fully saturated rings. The number of H-pyrrole nitrogens is 3. The summed E-state index contributed by atoms with van der Waals surface area (Å²) in [5.74, 6) is 0.119. The van der Waals surface area contributed by atoms with Crippen molar-refractivity contribution < 1.29 is 9.59 Å². The molecule has 1 saturated heterocycles. The summed E-state index contributed by atoms with van der Waals surface area (Å²) >= 11 is 0. The lowest BCUT2D eigenvalue weighted by Crippen LogP contribution is -2.51. The van der Waals surface area contributed by atoms with Crippen molar-refractivity contribution in [2.24, 2.45) is 0 Å².